The van der Waals surface area contributed by atoms with E-state index in [4.69, 9.17) is 23.2 Å². The summed E-state index contributed by atoms with van der Waals surface area (Å²) in [4.78, 5) is 28.3. The van der Waals surface area contributed by atoms with E-state index in [2.05, 4.69) is 5.32 Å². The molecular weight excluding hydrogens is 557 g/mol. The summed E-state index contributed by atoms with van der Waals surface area (Å²) in [6, 6.07) is 18.9. The zero-order valence-corrected chi connectivity index (χ0v) is 24.6. The minimum absolute atomic E-state index is 0.00978. The summed E-state index contributed by atoms with van der Waals surface area (Å²) in [7, 11) is -4.22. The maximum Gasteiger partial charge on any atom is 0.264 e. The molecule has 3 aromatic rings. The molecule has 10 heteroatoms. The summed E-state index contributed by atoms with van der Waals surface area (Å²) < 4.78 is 28.6. The normalized spacial score (nSPS) is 12.0. The van der Waals surface area contributed by atoms with Crippen LogP contribution in [-0.4, -0.2) is 44.3 Å². The predicted molar refractivity (Wildman–Crippen MR) is 157 cm³/mol. The molecule has 0 saturated carbocycles. The number of benzene rings is 3. The summed E-state index contributed by atoms with van der Waals surface area (Å²) >= 11 is 12.6. The molecule has 1 unspecified atom stereocenters. The van der Waals surface area contributed by atoms with Gasteiger partial charge in [0, 0.05) is 18.1 Å². The van der Waals surface area contributed by atoms with E-state index in [9.17, 15) is 18.0 Å². The van der Waals surface area contributed by atoms with Gasteiger partial charge in [0.1, 0.15) is 12.6 Å². The maximum atomic E-state index is 13.9. The number of carbonyl (C=O) groups is 2. The number of anilines is 1. The fourth-order valence-corrected chi connectivity index (χ4v) is 5.92. The van der Waals surface area contributed by atoms with E-state index in [0.717, 1.165) is 28.3 Å². The van der Waals surface area contributed by atoms with Gasteiger partial charge in [0.05, 0.1) is 15.6 Å². The molecule has 0 aliphatic heterocycles. The Bertz CT molecular complexity index is 1400. The van der Waals surface area contributed by atoms with Crippen molar-refractivity contribution in [3.05, 3.63) is 94.0 Å². The van der Waals surface area contributed by atoms with Crippen molar-refractivity contribution >= 4 is 50.7 Å². The van der Waals surface area contributed by atoms with Gasteiger partial charge in [-0.15, -0.1) is 0 Å². The van der Waals surface area contributed by atoms with Crippen LogP contribution in [0.1, 0.15) is 37.8 Å². The highest BCUT2D eigenvalue weighted by Crippen LogP contribution is 2.33. The van der Waals surface area contributed by atoms with Crippen molar-refractivity contribution in [3.8, 4) is 0 Å². The molecule has 208 valence electrons. The van der Waals surface area contributed by atoms with Gasteiger partial charge in [-0.2, -0.15) is 0 Å². The highest BCUT2D eigenvalue weighted by molar-refractivity contribution is 7.92. The van der Waals surface area contributed by atoms with Crippen LogP contribution in [0.25, 0.3) is 0 Å². The molecule has 0 radical (unpaired) electrons. The number of hydrogen-bond acceptors (Lipinski definition) is 4. The number of hydrogen-bond donors (Lipinski definition) is 1. The standard InChI is InChI=1S/C29H33Cl2N3O4S/c1-4-5-16-32-29(36)22(3)33(19-23-11-9-10-21(2)17-23)28(35)20-34(27-18-24(30)14-15-26(27)31)39(37,38)25-12-7-6-8-13-25/h6-15,17-18,22H,4-5,16,19-20H2,1-3H3,(H,32,36). The van der Waals surface area contributed by atoms with E-state index in [-0.39, 0.29) is 33.1 Å². The highest BCUT2D eigenvalue weighted by Gasteiger charge is 2.33. The Hall–Kier alpha value is -3.07. The lowest BCUT2D eigenvalue weighted by Gasteiger charge is -2.32. The van der Waals surface area contributed by atoms with Crippen molar-refractivity contribution in [1.29, 1.82) is 0 Å². The van der Waals surface area contributed by atoms with E-state index in [1.807, 2.05) is 38.1 Å². The summed E-state index contributed by atoms with van der Waals surface area (Å²) in [5, 5.41) is 3.24. The van der Waals surface area contributed by atoms with Crippen LogP contribution in [0.15, 0.2) is 77.7 Å². The van der Waals surface area contributed by atoms with Crippen molar-refractivity contribution < 1.29 is 18.0 Å². The van der Waals surface area contributed by atoms with Crippen LogP contribution in [0.2, 0.25) is 10.0 Å². The van der Waals surface area contributed by atoms with E-state index >= 15 is 0 Å². The van der Waals surface area contributed by atoms with Crippen LogP contribution in [0.5, 0.6) is 0 Å². The highest BCUT2D eigenvalue weighted by atomic mass is 35.5. The fraction of sp³-hybridized carbons (Fsp3) is 0.310. The molecule has 39 heavy (non-hydrogen) atoms. The van der Waals surface area contributed by atoms with Crippen LogP contribution in [-0.2, 0) is 26.2 Å². The Morgan fingerprint density at radius 3 is 2.36 bits per heavy atom. The first kappa shape index (κ1) is 30.5. The zero-order valence-electron chi connectivity index (χ0n) is 22.2. The van der Waals surface area contributed by atoms with Gasteiger partial charge in [-0.1, -0.05) is 84.6 Å². The number of carbonyl (C=O) groups excluding carboxylic acids is 2. The van der Waals surface area contributed by atoms with Gasteiger partial charge in [-0.05, 0) is 56.2 Å². The molecule has 0 saturated heterocycles. The monoisotopic (exact) mass is 589 g/mol. The Morgan fingerprint density at radius 1 is 0.974 bits per heavy atom. The molecule has 0 fully saturated rings. The van der Waals surface area contributed by atoms with Crippen LogP contribution in [0, 0.1) is 6.92 Å². The average molecular weight is 591 g/mol. The first-order chi connectivity index (χ1) is 18.5. The SMILES string of the molecule is CCCCNC(=O)C(C)N(Cc1cccc(C)c1)C(=O)CN(c1cc(Cl)ccc1Cl)S(=O)(=O)c1ccccc1. The predicted octanol–water partition coefficient (Wildman–Crippen LogP) is 5.83. The van der Waals surface area contributed by atoms with Gasteiger partial charge in [0.2, 0.25) is 11.8 Å². The summed E-state index contributed by atoms with van der Waals surface area (Å²) in [6.07, 6.45) is 1.72. The second kappa shape index (κ2) is 13.8. The first-order valence-corrected chi connectivity index (χ1v) is 14.9. The van der Waals surface area contributed by atoms with Crippen molar-refractivity contribution in [2.75, 3.05) is 17.4 Å². The fourth-order valence-electron chi connectivity index (χ4n) is 4.04. The topological polar surface area (TPSA) is 86.8 Å². The van der Waals surface area contributed by atoms with Crippen LogP contribution >= 0.6 is 23.2 Å². The number of aryl methyl sites for hydroxylation is 1. The second-order valence-electron chi connectivity index (χ2n) is 9.25. The minimum Gasteiger partial charge on any atom is -0.354 e. The zero-order chi connectivity index (χ0) is 28.6. The van der Waals surface area contributed by atoms with Crippen LogP contribution in [0.3, 0.4) is 0 Å². The van der Waals surface area contributed by atoms with E-state index in [1.54, 1.807) is 25.1 Å². The number of nitrogens with one attached hydrogen (secondary N) is 1. The van der Waals surface area contributed by atoms with Crippen LogP contribution in [0.4, 0.5) is 5.69 Å². The third-order valence-corrected chi connectivity index (χ3v) is 8.55. The molecule has 7 nitrogen and oxygen atoms in total. The summed E-state index contributed by atoms with van der Waals surface area (Å²) in [5.41, 5.74) is 1.88. The Kier molecular flexibility index (Phi) is 10.8. The third-order valence-electron chi connectivity index (χ3n) is 6.22. The molecule has 0 aliphatic rings. The molecule has 0 aromatic heterocycles. The molecule has 3 rings (SSSR count). The molecule has 0 heterocycles. The van der Waals surface area contributed by atoms with Gasteiger partial charge in [0.25, 0.3) is 10.0 Å². The van der Waals surface area contributed by atoms with Crippen LogP contribution < -0.4 is 9.62 Å². The van der Waals surface area contributed by atoms with E-state index < -0.39 is 28.5 Å². The third kappa shape index (κ3) is 7.97. The maximum absolute atomic E-state index is 13.9. The van der Waals surface area contributed by atoms with Crippen molar-refractivity contribution in [2.24, 2.45) is 0 Å². The number of amides is 2. The Morgan fingerprint density at radius 2 is 1.69 bits per heavy atom. The number of rotatable bonds is 12. The quantitative estimate of drug-likeness (QED) is 0.269. The van der Waals surface area contributed by atoms with Gasteiger partial charge in [0.15, 0.2) is 0 Å². The van der Waals surface area contributed by atoms with Gasteiger partial charge >= 0.3 is 0 Å². The molecule has 2 amide bonds. The molecule has 0 spiro atoms. The van der Waals surface area contributed by atoms with Crippen molar-refractivity contribution in [3.63, 3.8) is 0 Å². The smallest absolute Gasteiger partial charge is 0.264 e. The largest absolute Gasteiger partial charge is 0.354 e. The Labute approximate surface area is 240 Å². The van der Waals surface area contributed by atoms with E-state index in [1.165, 1.54) is 35.2 Å². The van der Waals surface area contributed by atoms with E-state index in [0.29, 0.717) is 6.54 Å². The van der Waals surface area contributed by atoms with Gasteiger partial charge in [-0.3, -0.25) is 13.9 Å². The van der Waals surface area contributed by atoms with Crippen molar-refractivity contribution in [2.45, 2.75) is 51.1 Å². The van der Waals surface area contributed by atoms with Gasteiger partial charge in [-0.25, -0.2) is 8.42 Å². The summed E-state index contributed by atoms with van der Waals surface area (Å²) in [5.74, 6) is -0.882. The minimum atomic E-state index is -4.22. The number of sulfonamides is 1. The summed E-state index contributed by atoms with van der Waals surface area (Å²) in [6.45, 7) is 5.61. The molecule has 0 aliphatic carbocycles. The average Bonchev–Trinajstić information content (AvgIpc) is 2.92. The van der Waals surface area contributed by atoms with Gasteiger partial charge < -0.3 is 10.2 Å². The Balaban J connectivity index is 2.03. The molecule has 3 aromatic carbocycles. The lowest BCUT2D eigenvalue weighted by Crippen LogP contribution is -2.51. The number of unbranched alkanes of at least 4 members (excludes halogenated alkanes) is 1. The lowest BCUT2D eigenvalue weighted by atomic mass is 10.1. The van der Waals surface area contributed by atoms with Crippen molar-refractivity contribution in [1.82, 2.24) is 10.2 Å². The first-order valence-electron chi connectivity index (χ1n) is 12.7. The molecule has 1 N–H and O–H groups in total. The second-order valence-corrected chi connectivity index (χ2v) is 12.0. The number of nitrogens with zero attached hydrogens (tertiary/aromatic N) is 2. The molecule has 1 atom stereocenters. The number of halogens is 2. The molecule has 0 bridgehead atoms. The lowest BCUT2D eigenvalue weighted by molar-refractivity contribution is -0.139. The molecular formula is C29H33Cl2N3O4S.